The highest BCUT2D eigenvalue weighted by Gasteiger charge is 2.37. The van der Waals surface area contributed by atoms with Crippen molar-refractivity contribution >= 4 is 35.1 Å². The Morgan fingerprint density at radius 2 is 2.16 bits per heavy atom. The summed E-state index contributed by atoms with van der Waals surface area (Å²) >= 11 is 11.9. The predicted octanol–water partition coefficient (Wildman–Crippen LogP) is 2.85. The van der Waals surface area contributed by atoms with E-state index in [1.165, 1.54) is 4.90 Å². The Morgan fingerprint density at radius 3 is 2.74 bits per heavy atom. The lowest BCUT2D eigenvalue weighted by Crippen LogP contribution is -2.38. The van der Waals surface area contributed by atoms with Gasteiger partial charge >= 0.3 is 6.03 Å². The highest BCUT2D eigenvalue weighted by Crippen LogP contribution is 2.32. The third kappa shape index (κ3) is 2.40. The van der Waals surface area contributed by atoms with Crippen molar-refractivity contribution in [3.8, 4) is 12.3 Å². The van der Waals surface area contributed by atoms with Crippen LogP contribution in [0, 0.1) is 12.3 Å². The Hall–Kier alpha value is -1.70. The molecular weight excluding hydrogens is 285 g/mol. The first-order valence-electron chi connectivity index (χ1n) is 5.53. The van der Waals surface area contributed by atoms with E-state index in [2.05, 4.69) is 10.9 Å². The minimum absolute atomic E-state index is 0.200. The molecule has 0 fully saturated rings. The fraction of sp³-hybridized carbons (Fsp3) is 0.231. The van der Waals surface area contributed by atoms with E-state index in [0.717, 1.165) is 5.56 Å². The molecule has 2 rings (SSSR count). The van der Waals surface area contributed by atoms with Crippen molar-refractivity contribution in [3.63, 3.8) is 0 Å². The quantitative estimate of drug-likeness (QED) is 0.853. The smallest absolute Gasteiger partial charge is 0.347 e. The van der Waals surface area contributed by atoms with E-state index in [1.54, 1.807) is 25.1 Å². The number of terminal acetylenes is 1. The van der Waals surface area contributed by atoms with Crippen molar-refractivity contribution in [1.82, 2.24) is 4.90 Å². The second-order valence-electron chi connectivity index (χ2n) is 4.15. The summed E-state index contributed by atoms with van der Waals surface area (Å²) < 4.78 is 0. The summed E-state index contributed by atoms with van der Waals surface area (Å²) in [7, 11) is 0. The van der Waals surface area contributed by atoms with Crippen molar-refractivity contribution in [2.75, 3.05) is 0 Å². The topological polar surface area (TPSA) is 58.7 Å². The van der Waals surface area contributed by atoms with E-state index in [9.17, 15) is 4.79 Å². The van der Waals surface area contributed by atoms with E-state index in [1.807, 2.05) is 0 Å². The number of nitrogens with two attached hydrogens (primary N) is 1. The van der Waals surface area contributed by atoms with Crippen molar-refractivity contribution in [2.24, 2.45) is 10.7 Å². The summed E-state index contributed by atoms with van der Waals surface area (Å²) in [6.07, 6.45) is 5.37. The molecule has 1 aliphatic heterocycles. The second kappa shape index (κ2) is 5.12. The molecule has 0 aromatic heterocycles. The molecule has 2 N–H and O–H groups in total. The number of hydrogen-bond donors (Lipinski definition) is 1. The molecule has 1 aromatic rings. The van der Waals surface area contributed by atoms with Gasteiger partial charge < -0.3 is 5.73 Å². The summed E-state index contributed by atoms with van der Waals surface area (Å²) in [5, 5.41) is 0.821. The Balaban J connectivity index is 2.46. The van der Waals surface area contributed by atoms with E-state index >= 15 is 0 Å². The molecule has 0 saturated heterocycles. The molecule has 1 aromatic carbocycles. The van der Waals surface area contributed by atoms with Gasteiger partial charge in [0, 0.05) is 0 Å². The molecule has 0 aliphatic carbocycles. The maximum Gasteiger partial charge on any atom is 0.347 e. The molecule has 2 atom stereocenters. The molecule has 19 heavy (non-hydrogen) atoms. The number of carbonyl (C=O) groups excluding carboxylic acids is 1. The van der Waals surface area contributed by atoms with Crippen LogP contribution in [-0.2, 0) is 0 Å². The molecule has 0 bridgehead atoms. The zero-order valence-electron chi connectivity index (χ0n) is 10.1. The van der Waals surface area contributed by atoms with Gasteiger partial charge in [-0.15, -0.1) is 6.42 Å². The first-order chi connectivity index (χ1) is 8.95. The van der Waals surface area contributed by atoms with Gasteiger partial charge in [-0.2, -0.15) is 4.99 Å². The molecule has 0 spiro atoms. The number of amidine groups is 1. The molecule has 2 amide bonds. The zero-order chi connectivity index (χ0) is 14.2. The van der Waals surface area contributed by atoms with Gasteiger partial charge in [-0.25, -0.2) is 4.79 Å². The normalized spacial score (nSPS) is 20.1. The van der Waals surface area contributed by atoms with Crippen LogP contribution in [-0.4, -0.2) is 22.8 Å². The Bertz CT molecular complexity index is 606. The average Bonchev–Trinajstić information content (AvgIpc) is 2.67. The largest absolute Gasteiger partial charge is 0.385 e. The standard InChI is InChI=1S/C13H11Cl2N3O/c1-3-7(2)18-11(12(16)17-13(18)19)8-4-5-9(14)10(15)6-8/h1,4-7,11H,2H3,(H2,16,17,19). The Labute approximate surface area is 121 Å². The lowest BCUT2D eigenvalue weighted by molar-refractivity contribution is 0.199. The second-order valence-corrected chi connectivity index (χ2v) is 4.96. The Kier molecular flexibility index (Phi) is 3.70. The highest BCUT2D eigenvalue weighted by molar-refractivity contribution is 6.42. The van der Waals surface area contributed by atoms with E-state index in [4.69, 9.17) is 35.4 Å². The molecule has 2 unspecified atom stereocenters. The number of aliphatic imine (C=N–C) groups is 1. The monoisotopic (exact) mass is 295 g/mol. The van der Waals surface area contributed by atoms with Crippen LogP contribution < -0.4 is 5.73 Å². The van der Waals surface area contributed by atoms with Crippen molar-refractivity contribution in [3.05, 3.63) is 33.8 Å². The first-order valence-corrected chi connectivity index (χ1v) is 6.28. The summed E-state index contributed by atoms with van der Waals surface area (Å²) in [6, 6.07) is 3.68. The number of nitrogens with zero attached hydrogens (tertiary/aromatic N) is 2. The molecule has 0 saturated carbocycles. The van der Waals surface area contributed by atoms with Crippen LogP contribution in [0.5, 0.6) is 0 Å². The molecule has 1 heterocycles. The number of carbonyl (C=O) groups is 1. The van der Waals surface area contributed by atoms with E-state index in [-0.39, 0.29) is 5.84 Å². The third-order valence-electron chi connectivity index (χ3n) is 2.92. The van der Waals surface area contributed by atoms with Gasteiger partial charge in [0.2, 0.25) is 0 Å². The maximum absolute atomic E-state index is 11.8. The predicted molar refractivity (Wildman–Crippen MR) is 76.4 cm³/mol. The van der Waals surface area contributed by atoms with Crippen LogP contribution in [0.1, 0.15) is 18.5 Å². The van der Waals surface area contributed by atoms with Gasteiger partial charge in [0.15, 0.2) is 0 Å². The van der Waals surface area contributed by atoms with E-state index < -0.39 is 18.1 Å². The third-order valence-corrected chi connectivity index (χ3v) is 3.66. The van der Waals surface area contributed by atoms with Crippen LogP contribution in [0.3, 0.4) is 0 Å². The number of amides is 2. The van der Waals surface area contributed by atoms with Gasteiger partial charge in [0.1, 0.15) is 11.9 Å². The van der Waals surface area contributed by atoms with Crippen LogP contribution in [0.25, 0.3) is 0 Å². The molecule has 6 heteroatoms. The molecule has 98 valence electrons. The van der Waals surface area contributed by atoms with Crippen molar-refractivity contribution < 1.29 is 4.79 Å². The number of rotatable bonds is 2. The van der Waals surface area contributed by atoms with Gasteiger partial charge in [0.25, 0.3) is 0 Å². The number of halogens is 2. The summed E-state index contributed by atoms with van der Waals surface area (Å²) in [5.41, 5.74) is 6.54. The fourth-order valence-corrected chi connectivity index (χ4v) is 2.27. The van der Waals surface area contributed by atoms with E-state index in [0.29, 0.717) is 10.0 Å². The molecule has 0 radical (unpaired) electrons. The minimum Gasteiger partial charge on any atom is -0.385 e. The van der Waals surface area contributed by atoms with Crippen molar-refractivity contribution in [1.29, 1.82) is 0 Å². The van der Waals surface area contributed by atoms with Crippen LogP contribution in [0.15, 0.2) is 23.2 Å². The van der Waals surface area contributed by atoms with Crippen LogP contribution in [0.4, 0.5) is 4.79 Å². The highest BCUT2D eigenvalue weighted by atomic mass is 35.5. The lowest BCUT2D eigenvalue weighted by Gasteiger charge is -2.27. The van der Waals surface area contributed by atoms with Gasteiger partial charge in [-0.05, 0) is 24.6 Å². The number of hydrogen-bond acceptors (Lipinski definition) is 2. The van der Waals surface area contributed by atoms with Crippen molar-refractivity contribution in [2.45, 2.75) is 19.0 Å². The zero-order valence-corrected chi connectivity index (χ0v) is 11.6. The minimum atomic E-state index is -0.506. The lowest BCUT2D eigenvalue weighted by atomic mass is 10.0. The van der Waals surface area contributed by atoms with Gasteiger partial charge in [-0.1, -0.05) is 35.2 Å². The maximum atomic E-state index is 11.8. The summed E-state index contributed by atoms with van der Waals surface area (Å²) in [4.78, 5) is 17.0. The first kappa shape index (κ1) is 13.7. The van der Waals surface area contributed by atoms with Gasteiger partial charge in [0.05, 0.1) is 16.1 Å². The molecular formula is C13H11Cl2N3O. The SMILES string of the molecule is C#CC(C)N1C(=O)N=C(N)C1c1ccc(Cl)c(Cl)c1. The van der Waals surface area contributed by atoms with Crippen LogP contribution in [0.2, 0.25) is 10.0 Å². The molecule has 1 aliphatic rings. The Morgan fingerprint density at radius 1 is 1.47 bits per heavy atom. The van der Waals surface area contributed by atoms with Crippen LogP contribution >= 0.6 is 23.2 Å². The number of benzene rings is 1. The average molecular weight is 296 g/mol. The summed E-state index contributed by atoms with van der Waals surface area (Å²) in [6.45, 7) is 1.73. The summed E-state index contributed by atoms with van der Waals surface area (Å²) in [5.74, 6) is 2.70. The fourth-order valence-electron chi connectivity index (χ4n) is 1.97. The number of urea groups is 1. The van der Waals surface area contributed by atoms with Gasteiger partial charge in [-0.3, -0.25) is 4.90 Å². The molecule has 4 nitrogen and oxygen atoms in total.